The van der Waals surface area contributed by atoms with Crippen molar-refractivity contribution >= 4 is 29.9 Å². The molecule has 0 heterocycles. The van der Waals surface area contributed by atoms with Crippen LogP contribution >= 0.6 is 24.2 Å². The van der Waals surface area contributed by atoms with Crippen molar-refractivity contribution in [3.63, 3.8) is 0 Å². The summed E-state index contributed by atoms with van der Waals surface area (Å²) in [6.07, 6.45) is 2.07. The standard InChI is InChI=1S/C15H18N2OS.ClH/c1-18-14-7-5-13(6-8-14)17(16)11-12-3-9-15(19-2)10-4-12;/h3-10H,11,16H2,1-2H3;1H. The largest absolute Gasteiger partial charge is 0.497 e. The van der Waals surface area contributed by atoms with Gasteiger partial charge in [-0.05, 0) is 48.2 Å². The fourth-order valence-electron chi connectivity index (χ4n) is 1.79. The van der Waals surface area contributed by atoms with Gasteiger partial charge in [-0.3, -0.25) is 0 Å². The first-order valence-corrected chi connectivity index (χ1v) is 7.24. The molecule has 108 valence electrons. The predicted octanol–water partition coefficient (Wildman–Crippen LogP) is 3.72. The van der Waals surface area contributed by atoms with Crippen molar-refractivity contribution in [2.24, 2.45) is 5.84 Å². The van der Waals surface area contributed by atoms with Crippen LogP contribution in [0, 0.1) is 0 Å². The molecule has 0 spiro atoms. The van der Waals surface area contributed by atoms with Crippen molar-refractivity contribution < 1.29 is 4.74 Å². The van der Waals surface area contributed by atoms with Gasteiger partial charge in [0.15, 0.2) is 0 Å². The minimum absolute atomic E-state index is 0. The number of thioether (sulfide) groups is 1. The molecule has 0 saturated carbocycles. The van der Waals surface area contributed by atoms with Gasteiger partial charge < -0.3 is 9.75 Å². The molecule has 20 heavy (non-hydrogen) atoms. The molecule has 0 aliphatic carbocycles. The van der Waals surface area contributed by atoms with Crippen molar-refractivity contribution in [3.8, 4) is 5.75 Å². The highest BCUT2D eigenvalue weighted by molar-refractivity contribution is 7.98. The molecule has 0 saturated heterocycles. The zero-order valence-electron chi connectivity index (χ0n) is 11.6. The van der Waals surface area contributed by atoms with Crippen LogP contribution in [0.4, 0.5) is 5.69 Å². The number of hydrogen-bond donors (Lipinski definition) is 1. The maximum atomic E-state index is 6.08. The zero-order chi connectivity index (χ0) is 13.7. The van der Waals surface area contributed by atoms with E-state index in [1.54, 1.807) is 23.9 Å². The fraction of sp³-hybridized carbons (Fsp3) is 0.200. The number of hydrazine groups is 1. The molecule has 0 atom stereocenters. The lowest BCUT2D eigenvalue weighted by Crippen LogP contribution is -2.29. The van der Waals surface area contributed by atoms with Gasteiger partial charge in [0.05, 0.1) is 19.3 Å². The Morgan fingerprint density at radius 1 is 1.05 bits per heavy atom. The topological polar surface area (TPSA) is 38.5 Å². The predicted molar refractivity (Wildman–Crippen MR) is 88.8 cm³/mol. The van der Waals surface area contributed by atoms with Gasteiger partial charge in [-0.15, -0.1) is 24.2 Å². The van der Waals surface area contributed by atoms with Crippen LogP contribution in [-0.2, 0) is 6.54 Å². The normalized spacial score (nSPS) is 9.75. The molecule has 2 aromatic rings. The van der Waals surface area contributed by atoms with Gasteiger partial charge in [0.1, 0.15) is 5.75 Å². The Kier molecular flexibility index (Phi) is 6.71. The molecule has 0 aliphatic heterocycles. The lowest BCUT2D eigenvalue weighted by Gasteiger charge is -2.19. The van der Waals surface area contributed by atoms with Gasteiger partial charge in [0.25, 0.3) is 0 Å². The number of methoxy groups -OCH3 is 1. The number of halogens is 1. The van der Waals surface area contributed by atoms with Gasteiger partial charge in [-0.1, -0.05) is 12.1 Å². The van der Waals surface area contributed by atoms with Crippen molar-refractivity contribution in [1.82, 2.24) is 0 Å². The lowest BCUT2D eigenvalue weighted by molar-refractivity contribution is 0.415. The zero-order valence-corrected chi connectivity index (χ0v) is 13.2. The van der Waals surface area contributed by atoms with Gasteiger partial charge in [0, 0.05) is 4.90 Å². The number of ether oxygens (including phenoxy) is 1. The lowest BCUT2D eigenvalue weighted by atomic mass is 10.2. The highest BCUT2D eigenvalue weighted by Gasteiger charge is 2.03. The summed E-state index contributed by atoms with van der Waals surface area (Å²) in [5, 5.41) is 1.73. The Balaban J connectivity index is 0.00000200. The molecule has 0 bridgehead atoms. The number of benzene rings is 2. The summed E-state index contributed by atoms with van der Waals surface area (Å²) >= 11 is 1.74. The Morgan fingerprint density at radius 3 is 2.15 bits per heavy atom. The molecule has 0 unspecified atom stereocenters. The summed E-state index contributed by atoms with van der Waals surface area (Å²) in [5.41, 5.74) is 2.16. The number of anilines is 1. The van der Waals surface area contributed by atoms with Crippen LogP contribution in [0.15, 0.2) is 53.4 Å². The van der Waals surface area contributed by atoms with E-state index in [4.69, 9.17) is 10.6 Å². The number of nitrogens with two attached hydrogens (primary N) is 1. The summed E-state index contributed by atoms with van der Waals surface area (Å²) in [4.78, 5) is 1.26. The van der Waals surface area contributed by atoms with E-state index in [1.807, 2.05) is 24.3 Å². The van der Waals surface area contributed by atoms with E-state index >= 15 is 0 Å². The first-order valence-electron chi connectivity index (χ1n) is 6.02. The van der Waals surface area contributed by atoms with Crippen LogP contribution < -0.4 is 15.6 Å². The van der Waals surface area contributed by atoms with Crippen molar-refractivity contribution in [2.75, 3.05) is 18.4 Å². The van der Waals surface area contributed by atoms with Crippen LogP contribution in [0.5, 0.6) is 5.75 Å². The van der Waals surface area contributed by atoms with E-state index < -0.39 is 0 Å². The monoisotopic (exact) mass is 310 g/mol. The average molecular weight is 311 g/mol. The van der Waals surface area contributed by atoms with Gasteiger partial charge in [0.2, 0.25) is 0 Å². The van der Waals surface area contributed by atoms with Gasteiger partial charge >= 0.3 is 0 Å². The Labute approximate surface area is 130 Å². The summed E-state index contributed by atoms with van der Waals surface area (Å²) in [5.74, 6) is 6.91. The van der Waals surface area contributed by atoms with E-state index in [0.717, 1.165) is 11.4 Å². The van der Waals surface area contributed by atoms with Crippen LogP contribution in [0.25, 0.3) is 0 Å². The average Bonchev–Trinajstić information content (AvgIpc) is 2.48. The third-order valence-electron chi connectivity index (χ3n) is 2.92. The molecular formula is C15H19ClN2OS. The molecule has 0 aromatic heterocycles. The second-order valence-electron chi connectivity index (χ2n) is 4.17. The molecule has 5 heteroatoms. The fourth-order valence-corrected chi connectivity index (χ4v) is 2.20. The van der Waals surface area contributed by atoms with Crippen molar-refractivity contribution in [3.05, 3.63) is 54.1 Å². The van der Waals surface area contributed by atoms with Crippen LogP contribution in [-0.4, -0.2) is 13.4 Å². The Hall–Kier alpha value is -1.36. The molecule has 2 aromatic carbocycles. The van der Waals surface area contributed by atoms with Crippen molar-refractivity contribution in [1.29, 1.82) is 0 Å². The van der Waals surface area contributed by atoms with Crippen LogP contribution in [0.1, 0.15) is 5.56 Å². The van der Waals surface area contributed by atoms with E-state index in [9.17, 15) is 0 Å². The van der Waals surface area contributed by atoms with E-state index in [1.165, 1.54) is 10.5 Å². The first-order chi connectivity index (χ1) is 9.22. The molecule has 2 N–H and O–H groups in total. The highest BCUT2D eigenvalue weighted by Crippen LogP contribution is 2.20. The van der Waals surface area contributed by atoms with Crippen LogP contribution in [0.2, 0.25) is 0 Å². The minimum Gasteiger partial charge on any atom is -0.497 e. The summed E-state index contributed by atoms with van der Waals surface area (Å²) in [6, 6.07) is 16.2. The molecule has 0 fully saturated rings. The molecular weight excluding hydrogens is 292 g/mol. The Morgan fingerprint density at radius 2 is 1.65 bits per heavy atom. The van der Waals surface area contributed by atoms with Gasteiger partial charge in [-0.2, -0.15) is 0 Å². The van der Waals surface area contributed by atoms with Gasteiger partial charge in [-0.25, -0.2) is 5.84 Å². The third kappa shape index (κ3) is 4.34. The highest BCUT2D eigenvalue weighted by atomic mass is 35.5. The second-order valence-corrected chi connectivity index (χ2v) is 5.05. The molecule has 0 amide bonds. The molecule has 3 nitrogen and oxygen atoms in total. The summed E-state index contributed by atoms with van der Waals surface area (Å²) in [6.45, 7) is 0.682. The van der Waals surface area contributed by atoms with E-state index in [2.05, 4.69) is 30.5 Å². The summed E-state index contributed by atoms with van der Waals surface area (Å²) < 4.78 is 5.13. The maximum absolute atomic E-state index is 6.08. The minimum atomic E-state index is 0. The molecule has 2 rings (SSSR count). The first kappa shape index (κ1) is 16.7. The second kappa shape index (κ2) is 8.04. The number of nitrogens with zero attached hydrogens (tertiary/aromatic N) is 1. The smallest absolute Gasteiger partial charge is 0.119 e. The van der Waals surface area contributed by atoms with Crippen molar-refractivity contribution in [2.45, 2.75) is 11.4 Å². The van der Waals surface area contributed by atoms with E-state index in [-0.39, 0.29) is 12.4 Å². The Bertz CT molecular complexity index is 516. The number of hydrogen-bond acceptors (Lipinski definition) is 4. The quantitative estimate of drug-likeness (QED) is 0.519. The molecule has 0 aliphatic rings. The SMILES string of the molecule is COc1ccc(N(N)Cc2ccc(SC)cc2)cc1.Cl. The third-order valence-corrected chi connectivity index (χ3v) is 3.66. The molecule has 0 radical (unpaired) electrons. The van der Waals surface area contributed by atoms with E-state index in [0.29, 0.717) is 6.54 Å². The van der Waals surface area contributed by atoms with Crippen LogP contribution in [0.3, 0.4) is 0 Å². The summed E-state index contributed by atoms with van der Waals surface area (Å²) in [7, 11) is 1.66. The maximum Gasteiger partial charge on any atom is 0.119 e. The number of rotatable bonds is 5.